The molecule has 0 radical (unpaired) electrons. The number of aryl methyl sites for hydroxylation is 1. The van der Waals surface area contributed by atoms with Gasteiger partial charge in [-0.2, -0.15) is 0 Å². The molecule has 0 spiro atoms. The van der Waals surface area contributed by atoms with Crippen LogP contribution in [0.2, 0.25) is 0 Å². The van der Waals surface area contributed by atoms with Crippen molar-refractivity contribution < 1.29 is 19.8 Å². The zero-order valence-corrected chi connectivity index (χ0v) is 22.2. The van der Waals surface area contributed by atoms with Gasteiger partial charge in [-0.1, -0.05) is 57.2 Å². The second kappa shape index (κ2) is 10.7. The predicted octanol–water partition coefficient (Wildman–Crippen LogP) is 4.84. The molecule has 0 aliphatic carbocycles. The lowest BCUT2D eigenvalue weighted by Gasteiger charge is -2.25. The second-order valence-electron chi connectivity index (χ2n) is 10.9. The van der Waals surface area contributed by atoms with E-state index in [1.165, 1.54) is 0 Å². The Bertz CT molecular complexity index is 1380. The van der Waals surface area contributed by atoms with Crippen molar-refractivity contribution in [2.24, 2.45) is 0 Å². The Labute approximate surface area is 222 Å². The van der Waals surface area contributed by atoms with E-state index in [1.807, 2.05) is 70.2 Å². The number of nitrogens with one attached hydrogen (secondary N) is 2. The number of ketones is 1. The highest BCUT2D eigenvalue weighted by Crippen LogP contribution is 2.36. The number of aromatic nitrogens is 1. The van der Waals surface area contributed by atoms with Gasteiger partial charge in [0.1, 0.15) is 17.3 Å². The number of amidine groups is 1. The lowest BCUT2D eigenvalue weighted by atomic mass is 9.82. The van der Waals surface area contributed by atoms with Crippen LogP contribution in [0.1, 0.15) is 64.8 Å². The first-order chi connectivity index (χ1) is 17.9. The van der Waals surface area contributed by atoms with Crippen LogP contribution in [0.25, 0.3) is 0 Å². The Morgan fingerprint density at radius 2 is 1.82 bits per heavy atom. The number of phenolic OH excluding ortho intramolecular Hbond substituents is 1. The molecule has 0 saturated carbocycles. The molecule has 0 bridgehead atoms. The predicted molar refractivity (Wildman–Crippen MR) is 146 cm³/mol. The molecule has 0 fully saturated rings. The van der Waals surface area contributed by atoms with E-state index in [4.69, 9.17) is 5.41 Å². The van der Waals surface area contributed by atoms with Crippen LogP contribution in [0.4, 0.5) is 4.79 Å². The van der Waals surface area contributed by atoms with Crippen LogP contribution in [0.5, 0.6) is 5.75 Å². The molecular weight excluding hydrogens is 480 g/mol. The van der Waals surface area contributed by atoms with E-state index < -0.39 is 17.6 Å². The van der Waals surface area contributed by atoms with Crippen LogP contribution in [-0.2, 0) is 24.8 Å². The molecule has 4 rings (SSSR count). The van der Waals surface area contributed by atoms with Crippen LogP contribution in [0.3, 0.4) is 0 Å². The van der Waals surface area contributed by atoms with Crippen LogP contribution in [0.15, 0.2) is 54.6 Å². The third kappa shape index (κ3) is 6.02. The number of carboxylic acid groups (broad SMARTS) is 1. The summed E-state index contributed by atoms with van der Waals surface area (Å²) >= 11 is 0. The Morgan fingerprint density at radius 1 is 1.11 bits per heavy atom. The van der Waals surface area contributed by atoms with E-state index in [9.17, 15) is 19.8 Å². The topological polar surface area (TPSA) is 127 Å². The molecule has 3 aromatic rings. The van der Waals surface area contributed by atoms with Gasteiger partial charge in [-0.15, -0.1) is 0 Å². The van der Waals surface area contributed by atoms with Crippen molar-refractivity contribution in [1.82, 2.24) is 15.2 Å². The summed E-state index contributed by atoms with van der Waals surface area (Å²) in [7, 11) is 0. The summed E-state index contributed by atoms with van der Waals surface area (Å²) in [5, 5.41) is 31.8. The summed E-state index contributed by atoms with van der Waals surface area (Å²) in [6.07, 6.45) is -0.499. The maximum Gasteiger partial charge on any atom is 0.404 e. The molecule has 1 amide bonds. The Morgan fingerprint density at radius 3 is 2.47 bits per heavy atom. The number of aromatic hydroxyl groups is 1. The van der Waals surface area contributed by atoms with Crippen LogP contribution < -0.4 is 5.32 Å². The number of carbonyl (C=O) groups excluding carboxylic acids is 1. The molecule has 8 nitrogen and oxygen atoms in total. The maximum atomic E-state index is 13.5. The molecule has 1 aromatic heterocycles. The molecule has 1 aliphatic heterocycles. The van der Waals surface area contributed by atoms with Gasteiger partial charge < -0.3 is 20.4 Å². The maximum absolute atomic E-state index is 13.5. The number of nitrogens with zero attached hydrogens (tertiary/aromatic N) is 2. The van der Waals surface area contributed by atoms with Gasteiger partial charge in [-0.25, -0.2) is 9.78 Å². The summed E-state index contributed by atoms with van der Waals surface area (Å²) in [6, 6.07) is 16.2. The van der Waals surface area contributed by atoms with Gasteiger partial charge in [0.2, 0.25) is 0 Å². The largest absolute Gasteiger partial charge is 0.507 e. The van der Waals surface area contributed by atoms with Gasteiger partial charge in [-0.05, 0) is 54.5 Å². The number of carbonyl (C=O) groups is 2. The van der Waals surface area contributed by atoms with E-state index in [2.05, 4.69) is 10.3 Å². The van der Waals surface area contributed by atoms with Gasteiger partial charge in [-0.3, -0.25) is 10.2 Å². The van der Waals surface area contributed by atoms with E-state index in [0.717, 1.165) is 16.8 Å². The minimum atomic E-state index is -1.15. The number of pyridine rings is 1. The number of hydrogen-bond donors (Lipinski definition) is 4. The van der Waals surface area contributed by atoms with E-state index in [1.54, 1.807) is 17.0 Å². The number of hydrogen-bond acceptors (Lipinski definition) is 5. The molecule has 1 aliphatic rings. The zero-order chi connectivity index (χ0) is 27.6. The molecular formula is C30H34N4O4. The highest BCUT2D eigenvalue weighted by molar-refractivity contribution is 6.04. The van der Waals surface area contributed by atoms with Gasteiger partial charge in [0.15, 0.2) is 5.78 Å². The average Bonchev–Trinajstić information content (AvgIpc) is 3.14. The standard InChI is InChI=1S/C30H34N4O4/c1-18-10-11-20-16-34(28(31)26(20)32-18)17-25(35)21-13-22(27(36)24(15-21)30(2,3)4)14-23(33-29(37)38)12-19-8-6-5-7-9-19/h5-11,13,15,23,31,33,36H,12,14,16-17H2,1-4H3,(H,37,38). The number of rotatable bonds is 8. The molecule has 2 heterocycles. The minimum Gasteiger partial charge on any atom is -0.507 e. The fourth-order valence-electron chi connectivity index (χ4n) is 4.85. The minimum absolute atomic E-state index is 0.00284. The van der Waals surface area contributed by atoms with Crippen molar-refractivity contribution in [3.63, 3.8) is 0 Å². The average molecular weight is 515 g/mol. The number of Topliss-reactive ketones (excluding diaryl/α,β-unsaturated/α-hetero) is 1. The second-order valence-corrected chi connectivity index (χ2v) is 10.9. The summed E-state index contributed by atoms with van der Waals surface area (Å²) in [6.45, 7) is 8.18. The Balaban J connectivity index is 1.63. The molecule has 198 valence electrons. The first kappa shape index (κ1) is 26.9. The van der Waals surface area contributed by atoms with Crippen molar-refractivity contribution in [1.29, 1.82) is 5.41 Å². The van der Waals surface area contributed by atoms with Gasteiger partial charge in [0, 0.05) is 35.0 Å². The van der Waals surface area contributed by atoms with E-state index in [-0.39, 0.29) is 30.3 Å². The number of phenols is 1. The summed E-state index contributed by atoms with van der Waals surface area (Å²) < 4.78 is 0. The summed E-state index contributed by atoms with van der Waals surface area (Å²) in [5.41, 5.74) is 4.38. The first-order valence-corrected chi connectivity index (χ1v) is 12.7. The van der Waals surface area contributed by atoms with Crippen LogP contribution in [-0.4, -0.2) is 50.4 Å². The van der Waals surface area contributed by atoms with Crippen molar-refractivity contribution in [2.75, 3.05) is 6.54 Å². The fraction of sp³-hybridized carbons (Fsp3) is 0.333. The zero-order valence-electron chi connectivity index (χ0n) is 22.2. The van der Waals surface area contributed by atoms with Gasteiger partial charge >= 0.3 is 6.09 Å². The number of fused-ring (bicyclic) bond motifs is 1. The van der Waals surface area contributed by atoms with E-state index in [0.29, 0.717) is 35.3 Å². The molecule has 8 heteroatoms. The fourth-order valence-corrected chi connectivity index (χ4v) is 4.85. The SMILES string of the molecule is Cc1ccc2c(n1)C(=N)N(CC(=O)c1cc(CC(Cc3ccccc3)NC(=O)O)c(O)c(C(C)(C)C)c1)C2. The quantitative estimate of drug-likeness (QED) is 0.319. The number of amides is 1. The van der Waals surface area contributed by atoms with Crippen LogP contribution >= 0.6 is 0 Å². The number of benzene rings is 2. The molecule has 4 N–H and O–H groups in total. The molecule has 0 saturated heterocycles. The normalized spacial score (nSPS) is 13.8. The molecule has 38 heavy (non-hydrogen) atoms. The van der Waals surface area contributed by atoms with Crippen molar-refractivity contribution >= 4 is 17.7 Å². The summed E-state index contributed by atoms with van der Waals surface area (Å²) in [5.74, 6) is 0.109. The van der Waals surface area contributed by atoms with Crippen molar-refractivity contribution in [3.05, 3.63) is 93.8 Å². The lowest BCUT2D eigenvalue weighted by Crippen LogP contribution is -2.37. The van der Waals surface area contributed by atoms with Crippen molar-refractivity contribution in [3.8, 4) is 5.75 Å². The summed E-state index contributed by atoms with van der Waals surface area (Å²) in [4.78, 5) is 31.2. The van der Waals surface area contributed by atoms with Crippen LogP contribution in [0, 0.1) is 12.3 Å². The van der Waals surface area contributed by atoms with Gasteiger partial charge in [0.05, 0.1) is 6.54 Å². The first-order valence-electron chi connectivity index (χ1n) is 12.7. The van der Waals surface area contributed by atoms with E-state index >= 15 is 0 Å². The lowest BCUT2D eigenvalue weighted by molar-refractivity contribution is 0.0962. The van der Waals surface area contributed by atoms with Crippen molar-refractivity contribution in [2.45, 2.75) is 58.5 Å². The molecule has 1 atom stereocenters. The third-order valence-electron chi connectivity index (χ3n) is 6.79. The van der Waals surface area contributed by atoms with Gasteiger partial charge in [0.25, 0.3) is 0 Å². The Hall–Kier alpha value is -4.20. The molecule has 2 aromatic carbocycles. The molecule has 1 unspecified atom stereocenters. The Kier molecular flexibility index (Phi) is 7.53. The highest BCUT2D eigenvalue weighted by Gasteiger charge is 2.29. The third-order valence-corrected chi connectivity index (χ3v) is 6.79. The highest BCUT2D eigenvalue weighted by atomic mass is 16.4. The smallest absolute Gasteiger partial charge is 0.404 e. The monoisotopic (exact) mass is 514 g/mol.